The highest BCUT2D eigenvalue weighted by atomic mass is 19.4. The van der Waals surface area contributed by atoms with Gasteiger partial charge in [-0.1, -0.05) is 0 Å². The first-order valence-corrected chi connectivity index (χ1v) is 6.65. The zero-order valence-electron chi connectivity index (χ0n) is 11.8. The summed E-state index contributed by atoms with van der Waals surface area (Å²) < 4.78 is 41.5. The first-order chi connectivity index (χ1) is 9.28. The maximum atomic E-state index is 12.0. The van der Waals surface area contributed by atoms with Crippen LogP contribution in [0.1, 0.15) is 33.1 Å². The van der Waals surface area contributed by atoms with Crippen molar-refractivity contribution < 1.29 is 17.9 Å². The molecule has 1 rings (SSSR count). The molecule has 0 heterocycles. The van der Waals surface area contributed by atoms with Gasteiger partial charge in [0, 0.05) is 24.7 Å². The second kappa shape index (κ2) is 7.26. The lowest BCUT2D eigenvalue weighted by molar-refractivity contribution is -0.135. The van der Waals surface area contributed by atoms with Crippen molar-refractivity contribution in [1.29, 1.82) is 0 Å². The van der Waals surface area contributed by atoms with Gasteiger partial charge in [0.05, 0.1) is 11.8 Å². The fourth-order valence-corrected chi connectivity index (χ4v) is 1.68. The average molecular weight is 290 g/mol. The number of unbranched alkanes of at least 4 members (excludes halogenated alkanes) is 1. The number of rotatable bonds is 7. The number of nitrogens with two attached hydrogens (primary N) is 1. The van der Waals surface area contributed by atoms with Gasteiger partial charge in [-0.25, -0.2) is 0 Å². The molecule has 1 aromatic carbocycles. The van der Waals surface area contributed by atoms with Gasteiger partial charge < -0.3 is 15.8 Å². The Morgan fingerprint density at radius 2 is 1.95 bits per heavy atom. The Balaban J connectivity index is 2.40. The minimum absolute atomic E-state index is 0.0133. The molecule has 0 saturated carbocycles. The molecule has 6 heteroatoms. The fourth-order valence-electron chi connectivity index (χ4n) is 1.68. The summed E-state index contributed by atoms with van der Waals surface area (Å²) in [6, 6.07) is 5.27. The van der Waals surface area contributed by atoms with Crippen molar-refractivity contribution >= 4 is 11.4 Å². The summed E-state index contributed by atoms with van der Waals surface area (Å²) in [5.41, 5.74) is 7.12. The van der Waals surface area contributed by atoms with Gasteiger partial charge in [-0.3, -0.25) is 0 Å². The van der Waals surface area contributed by atoms with Gasteiger partial charge in [0.1, 0.15) is 5.75 Å². The molecule has 0 bridgehead atoms. The Bertz CT molecular complexity index is 419. The molecule has 0 radical (unpaired) electrons. The molecular weight excluding hydrogens is 269 g/mol. The van der Waals surface area contributed by atoms with Gasteiger partial charge in [0.2, 0.25) is 0 Å². The third kappa shape index (κ3) is 6.54. The van der Waals surface area contributed by atoms with E-state index in [0.29, 0.717) is 24.4 Å². The van der Waals surface area contributed by atoms with Crippen molar-refractivity contribution in [2.75, 3.05) is 17.6 Å². The van der Waals surface area contributed by atoms with E-state index >= 15 is 0 Å². The Kier molecular flexibility index (Phi) is 5.98. The molecule has 0 spiro atoms. The van der Waals surface area contributed by atoms with Crippen molar-refractivity contribution in [3.05, 3.63) is 18.2 Å². The van der Waals surface area contributed by atoms with Crippen LogP contribution in [0.4, 0.5) is 24.5 Å². The summed E-state index contributed by atoms with van der Waals surface area (Å²) >= 11 is 0. The molecule has 20 heavy (non-hydrogen) atoms. The first kappa shape index (κ1) is 16.5. The maximum Gasteiger partial charge on any atom is 0.389 e. The lowest BCUT2D eigenvalue weighted by atomic mass is 10.2. The highest BCUT2D eigenvalue weighted by molar-refractivity contribution is 5.61. The zero-order valence-corrected chi connectivity index (χ0v) is 11.8. The van der Waals surface area contributed by atoms with Crippen LogP contribution in [0, 0.1) is 0 Å². The lowest BCUT2D eigenvalue weighted by Gasteiger charge is -2.14. The Hall–Kier alpha value is -1.59. The number of ether oxygens (including phenoxy) is 1. The number of nitrogen functional groups attached to an aromatic ring is 1. The van der Waals surface area contributed by atoms with E-state index < -0.39 is 12.6 Å². The highest BCUT2D eigenvalue weighted by Gasteiger charge is 2.25. The van der Waals surface area contributed by atoms with Gasteiger partial charge >= 0.3 is 6.18 Å². The summed E-state index contributed by atoms with van der Waals surface area (Å²) in [5, 5.41) is 3.07. The molecule has 0 amide bonds. The minimum Gasteiger partial charge on any atom is -0.489 e. The lowest BCUT2D eigenvalue weighted by Crippen LogP contribution is -2.10. The molecule has 0 atom stereocenters. The van der Waals surface area contributed by atoms with Gasteiger partial charge in [-0.05, 0) is 38.8 Å². The molecule has 0 unspecified atom stereocenters. The third-order valence-corrected chi connectivity index (χ3v) is 2.59. The standard InChI is InChI=1S/C14H21F3N2O/c1-10(2)20-13-9-11(5-6-12(13)18)19-8-4-3-7-14(15,16)17/h5-6,9-10,19H,3-4,7-8,18H2,1-2H3. The second-order valence-electron chi connectivity index (χ2n) is 4.92. The second-order valence-corrected chi connectivity index (χ2v) is 4.92. The molecule has 0 aliphatic heterocycles. The van der Waals surface area contributed by atoms with Crippen molar-refractivity contribution in [3.63, 3.8) is 0 Å². The van der Waals surface area contributed by atoms with Crippen LogP contribution in [-0.4, -0.2) is 18.8 Å². The first-order valence-electron chi connectivity index (χ1n) is 6.65. The smallest absolute Gasteiger partial charge is 0.389 e. The molecule has 0 saturated heterocycles. The van der Waals surface area contributed by atoms with Crippen molar-refractivity contribution in [1.82, 2.24) is 0 Å². The maximum absolute atomic E-state index is 12.0. The van der Waals surface area contributed by atoms with Gasteiger partial charge in [-0.15, -0.1) is 0 Å². The van der Waals surface area contributed by atoms with E-state index in [2.05, 4.69) is 5.32 Å². The summed E-state index contributed by atoms with van der Waals surface area (Å²) in [7, 11) is 0. The number of nitrogens with one attached hydrogen (secondary N) is 1. The molecular formula is C14H21F3N2O. The van der Waals surface area contributed by atoms with Crippen molar-refractivity contribution in [3.8, 4) is 5.75 Å². The van der Waals surface area contributed by atoms with E-state index in [9.17, 15) is 13.2 Å². The van der Waals surface area contributed by atoms with E-state index in [1.54, 1.807) is 18.2 Å². The van der Waals surface area contributed by atoms with E-state index in [-0.39, 0.29) is 12.5 Å². The van der Waals surface area contributed by atoms with Crippen LogP contribution < -0.4 is 15.8 Å². The molecule has 0 aliphatic rings. The van der Waals surface area contributed by atoms with E-state index in [4.69, 9.17) is 10.5 Å². The molecule has 114 valence electrons. The van der Waals surface area contributed by atoms with Crippen LogP contribution in [0.25, 0.3) is 0 Å². The van der Waals surface area contributed by atoms with Crippen LogP contribution in [0.15, 0.2) is 18.2 Å². The third-order valence-electron chi connectivity index (χ3n) is 2.59. The van der Waals surface area contributed by atoms with E-state index in [1.165, 1.54) is 0 Å². The topological polar surface area (TPSA) is 47.3 Å². The van der Waals surface area contributed by atoms with E-state index in [0.717, 1.165) is 5.69 Å². The van der Waals surface area contributed by atoms with Crippen LogP contribution in [0.3, 0.4) is 0 Å². The molecule has 3 N–H and O–H groups in total. The number of benzene rings is 1. The Labute approximate surface area is 117 Å². The minimum atomic E-state index is -4.07. The van der Waals surface area contributed by atoms with Crippen LogP contribution in [0.2, 0.25) is 0 Å². The summed E-state index contributed by atoms with van der Waals surface area (Å²) in [6.45, 7) is 4.29. The number of anilines is 2. The van der Waals surface area contributed by atoms with Crippen LogP contribution in [0.5, 0.6) is 5.75 Å². The van der Waals surface area contributed by atoms with Gasteiger partial charge in [-0.2, -0.15) is 13.2 Å². The average Bonchev–Trinajstić information content (AvgIpc) is 2.30. The molecule has 0 fully saturated rings. The number of alkyl halides is 3. The van der Waals surface area contributed by atoms with Crippen molar-refractivity contribution in [2.24, 2.45) is 0 Å². The summed E-state index contributed by atoms with van der Waals surface area (Å²) in [5.74, 6) is 0.584. The summed E-state index contributed by atoms with van der Waals surface area (Å²) in [6.07, 6.45) is -4.21. The fraction of sp³-hybridized carbons (Fsp3) is 0.571. The van der Waals surface area contributed by atoms with Gasteiger partial charge in [0.25, 0.3) is 0 Å². The Morgan fingerprint density at radius 1 is 1.25 bits per heavy atom. The number of hydrogen-bond acceptors (Lipinski definition) is 3. The Morgan fingerprint density at radius 3 is 2.55 bits per heavy atom. The van der Waals surface area contributed by atoms with Crippen LogP contribution in [-0.2, 0) is 0 Å². The summed E-state index contributed by atoms with van der Waals surface area (Å²) in [4.78, 5) is 0. The molecule has 0 aromatic heterocycles. The van der Waals surface area contributed by atoms with Crippen molar-refractivity contribution in [2.45, 2.75) is 45.4 Å². The number of hydrogen-bond donors (Lipinski definition) is 2. The molecule has 0 aliphatic carbocycles. The van der Waals surface area contributed by atoms with E-state index in [1.807, 2.05) is 13.8 Å². The predicted molar refractivity (Wildman–Crippen MR) is 75.0 cm³/mol. The highest BCUT2D eigenvalue weighted by Crippen LogP contribution is 2.27. The monoisotopic (exact) mass is 290 g/mol. The zero-order chi connectivity index (χ0) is 15.2. The normalized spacial score (nSPS) is 11.7. The largest absolute Gasteiger partial charge is 0.489 e. The predicted octanol–water partition coefficient (Wildman–Crippen LogP) is 4.20. The quantitative estimate of drug-likeness (QED) is 0.584. The SMILES string of the molecule is CC(C)Oc1cc(NCCCCC(F)(F)F)ccc1N. The van der Waals surface area contributed by atoms with Crippen LogP contribution >= 0.6 is 0 Å². The van der Waals surface area contributed by atoms with Gasteiger partial charge in [0.15, 0.2) is 0 Å². The molecule has 3 nitrogen and oxygen atoms in total. The molecule has 1 aromatic rings. The number of halogens is 3.